The lowest BCUT2D eigenvalue weighted by Crippen LogP contribution is -2.13. The Morgan fingerprint density at radius 1 is 0.923 bits per heavy atom. The van der Waals surface area contributed by atoms with Crippen LogP contribution in [0.25, 0.3) is 22.2 Å². The van der Waals surface area contributed by atoms with Crippen LogP contribution >= 0.6 is 0 Å². The maximum Gasteiger partial charge on any atom is 0.250 e. The Bertz CT molecular complexity index is 1110. The fourth-order valence-corrected chi connectivity index (χ4v) is 2.74. The molecule has 0 unspecified atom stereocenters. The molecule has 4 aromatic rings. The number of benzene rings is 2. The van der Waals surface area contributed by atoms with Crippen LogP contribution < -0.4 is 11.1 Å². The van der Waals surface area contributed by atoms with Crippen molar-refractivity contribution in [3.8, 4) is 11.3 Å². The van der Waals surface area contributed by atoms with Gasteiger partial charge in [-0.2, -0.15) is 0 Å². The Labute approximate surface area is 149 Å². The van der Waals surface area contributed by atoms with Gasteiger partial charge >= 0.3 is 0 Å². The summed E-state index contributed by atoms with van der Waals surface area (Å²) in [4.78, 5) is 24.6. The molecule has 0 aliphatic carbocycles. The molecule has 0 spiro atoms. The van der Waals surface area contributed by atoms with Crippen LogP contribution in [-0.4, -0.2) is 20.9 Å². The van der Waals surface area contributed by atoms with Crippen molar-refractivity contribution in [2.45, 2.75) is 0 Å². The second kappa shape index (κ2) is 6.60. The van der Waals surface area contributed by atoms with E-state index in [1.807, 2.05) is 42.5 Å². The number of primary amides is 1. The van der Waals surface area contributed by atoms with Crippen LogP contribution in [0, 0.1) is 0 Å². The summed E-state index contributed by atoms with van der Waals surface area (Å²) in [5.74, 6) is 0.0676. The van der Waals surface area contributed by atoms with Gasteiger partial charge in [0.05, 0.1) is 22.5 Å². The average molecular weight is 341 g/mol. The fourth-order valence-electron chi connectivity index (χ4n) is 2.74. The van der Waals surface area contributed by atoms with E-state index in [1.165, 1.54) is 6.33 Å². The highest BCUT2D eigenvalue weighted by atomic mass is 16.1. The first kappa shape index (κ1) is 15.7. The minimum absolute atomic E-state index is 0.403. The third-order valence-electron chi connectivity index (χ3n) is 4.01. The summed E-state index contributed by atoms with van der Waals surface area (Å²) < 4.78 is 0. The molecular formula is C20H15N5O. The molecular weight excluding hydrogens is 326 g/mol. The number of amides is 1. The van der Waals surface area contributed by atoms with Gasteiger partial charge in [-0.3, -0.25) is 9.78 Å². The lowest BCUT2D eigenvalue weighted by molar-refractivity contribution is 0.100. The largest absolute Gasteiger partial charge is 0.366 e. The molecule has 1 amide bonds. The predicted octanol–water partition coefficient (Wildman–Crippen LogP) is 3.53. The summed E-state index contributed by atoms with van der Waals surface area (Å²) >= 11 is 0. The van der Waals surface area contributed by atoms with Crippen molar-refractivity contribution in [2.75, 3.05) is 5.32 Å². The van der Waals surface area contributed by atoms with Gasteiger partial charge in [-0.1, -0.05) is 30.3 Å². The zero-order chi connectivity index (χ0) is 17.9. The normalized spacial score (nSPS) is 10.6. The second-order valence-electron chi connectivity index (χ2n) is 5.74. The van der Waals surface area contributed by atoms with Crippen LogP contribution in [0.3, 0.4) is 0 Å². The number of anilines is 2. The number of fused-ring (bicyclic) bond motifs is 1. The monoisotopic (exact) mass is 341 g/mol. The lowest BCUT2D eigenvalue weighted by Gasteiger charge is -2.10. The zero-order valence-corrected chi connectivity index (χ0v) is 13.8. The van der Waals surface area contributed by atoms with Crippen molar-refractivity contribution in [3.05, 3.63) is 78.8 Å². The quantitative estimate of drug-likeness (QED) is 0.592. The van der Waals surface area contributed by atoms with Gasteiger partial charge in [-0.25, -0.2) is 9.97 Å². The Kier molecular flexibility index (Phi) is 3.99. The lowest BCUT2D eigenvalue weighted by atomic mass is 10.1. The Balaban J connectivity index is 1.69. The summed E-state index contributed by atoms with van der Waals surface area (Å²) in [6.45, 7) is 0. The van der Waals surface area contributed by atoms with Gasteiger partial charge in [-0.05, 0) is 24.3 Å². The minimum Gasteiger partial charge on any atom is -0.366 e. The highest BCUT2D eigenvalue weighted by Crippen LogP contribution is 2.24. The molecule has 126 valence electrons. The highest BCUT2D eigenvalue weighted by molar-refractivity contribution is 5.99. The molecule has 0 radical (unpaired) electrons. The number of pyridine rings is 1. The molecule has 0 bridgehead atoms. The van der Waals surface area contributed by atoms with E-state index < -0.39 is 5.91 Å². The van der Waals surface area contributed by atoms with E-state index in [-0.39, 0.29) is 0 Å². The number of carbonyl (C=O) groups is 1. The summed E-state index contributed by atoms with van der Waals surface area (Å²) in [5, 5.41) is 4.17. The highest BCUT2D eigenvalue weighted by Gasteiger charge is 2.09. The van der Waals surface area contributed by atoms with Gasteiger partial charge in [0.2, 0.25) is 0 Å². The number of hydrogen-bond acceptors (Lipinski definition) is 5. The number of aromatic nitrogens is 3. The molecule has 2 aromatic heterocycles. The van der Waals surface area contributed by atoms with Crippen LogP contribution in [0.15, 0.2) is 73.2 Å². The first-order valence-electron chi connectivity index (χ1n) is 8.04. The number of para-hydroxylation sites is 2. The minimum atomic E-state index is -0.499. The van der Waals surface area contributed by atoms with Crippen molar-refractivity contribution in [3.63, 3.8) is 0 Å². The van der Waals surface area contributed by atoms with Crippen LogP contribution in [0.2, 0.25) is 0 Å². The van der Waals surface area contributed by atoms with E-state index >= 15 is 0 Å². The van der Waals surface area contributed by atoms with E-state index in [2.05, 4.69) is 20.3 Å². The van der Waals surface area contributed by atoms with E-state index in [4.69, 9.17) is 5.73 Å². The van der Waals surface area contributed by atoms with Crippen LogP contribution in [0.5, 0.6) is 0 Å². The smallest absolute Gasteiger partial charge is 0.250 e. The van der Waals surface area contributed by atoms with E-state index in [0.29, 0.717) is 17.1 Å². The van der Waals surface area contributed by atoms with Crippen molar-refractivity contribution < 1.29 is 4.79 Å². The van der Waals surface area contributed by atoms with Crippen LogP contribution in [0.1, 0.15) is 10.4 Å². The van der Waals surface area contributed by atoms with E-state index in [0.717, 1.165) is 22.2 Å². The maximum absolute atomic E-state index is 11.6. The number of hydrogen-bond donors (Lipinski definition) is 2. The van der Waals surface area contributed by atoms with Gasteiger partial charge in [0.1, 0.15) is 12.1 Å². The molecule has 0 aliphatic heterocycles. The van der Waals surface area contributed by atoms with Crippen molar-refractivity contribution in [1.29, 1.82) is 0 Å². The zero-order valence-electron chi connectivity index (χ0n) is 13.8. The van der Waals surface area contributed by atoms with Gasteiger partial charge in [0, 0.05) is 23.2 Å². The molecule has 3 N–H and O–H groups in total. The number of carbonyl (C=O) groups excluding carboxylic acids is 1. The molecule has 0 saturated heterocycles. The topological polar surface area (TPSA) is 93.8 Å². The van der Waals surface area contributed by atoms with Crippen molar-refractivity contribution in [2.24, 2.45) is 5.73 Å². The molecule has 0 fully saturated rings. The fraction of sp³-hybridized carbons (Fsp3) is 0. The molecule has 6 nitrogen and oxygen atoms in total. The third kappa shape index (κ3) is 3.08. The Hall–Kier alpha value is -3.80. The Morgan fingerprint density at radius 3 is 2.62 bits per heavy atom. The van der Waals surface area contributed by atoms with Crippen LogP contribution in [0.4, 0.5) is 11.5 Å². The summed E-state index contributed by atoms with van der Waals surface area (Å²) in [5.41, 5.74) is 8.97. The van der Waals surface area contributed by atoms with Gasteiger partial charge in [0.15, 0.2) is 0 Å². The Morgan fingerprint density at radius 2 is 1.73 bits per heavy atom. The summed E-state index contributed by atoms with van der Waals surface area (Å²) in [6, 6.07) is 18.8. The molecule has 2 heterocycles. The van der Waals surface area contributed by atoms with E-state index in [1.54, 1.807) is 24.4 Å². The number of nitrogens with zero attached hydrogens (tertiary/aromatic N) is 3. The first-order valence-corrected chi connectivity index (χ1v) is 8.04. The molecule has 0 aliphatic rings. The summed E-state index contributed by atoms with van der Waals surface area (Å²) in [7, 11) is 0. The maximum atomic E-state index is 11.6. The third-order valence-corrected chi connectivity index (χ3v) is 4.01. The molecule has 0 saturated carbocycles. The molecule has 0 atom stereocenters. The van der Waals surface area contributed by atoms with Gasteiger partial charge in [-0.15, -0.1) is 0 Å². The second-order valence-corrected chi connectivity index (χ2v) is 5.74. The standard InChI is InChI=1S/C20H15N5O/c21-20(26)15-6-2-4-8-17(15)25-19-10-18(23-12-24-19)14-9-13-5-1-3-7-16(13)22-11-14/h1-12H,(H2,21,26)(H,23,24,25). The molecule has 26 heavy (non-hydrogen) atoms. The van der Waals surface area contributed by atoms with Gasteiger partial charge in [0.25, 0.3) is 5.91 Å². The predicted molar refractivity (Wildman–Crippen MR) is 101 cm³/mol. The van der Waals surface area contributed by atoms with Crippen molar-refractivity contribution in [1.82, 2.24) is 15.0 Å². The van der Waals surface area contributed by atoms with Crippen LogP contribution in [-0.2, 0) is 0 Å². The molecule has 2 aromatic carbocycles. The summed E-state index contributed by atoms with van der Waals surface area (Å²) in [6.07, 6.45) is 3.26. The number of nitrogens with two attached hydrogens (primary N) is 1. The van der Waals surface area contributed by atoms with Crippen molar-refractivity contribution >= 4 is 28.3 Å². The van der Waals surface area contributed by atoms with E-state index in [9.17, 15) is 4.79 Å². The molecule has 4 rings (SSSR count). The first-order chi connectivity index (χ1) is 12.7. The SMILES string of the molecule is NC(=O)c1ccccc1Nc1cc(-c2cnc3ccccc3c2)ncn1. The number of nitrogens with one attached hydrogen (secondary N) is 1. The van der Waals surface area contributed by atoms with Gasteiger partial charge < -0.3 is 11.1 Å². The average Bonchev–Trinajstić information content (AvgIpc) is 2.68. The number of rotatable bonds is 4. The molecule has 6 heteroatoms.